The van der Waals surface area contributed by atoms with Crippen molar-refractivity contribution in [1.82, 2.24) is 14.3 Å². The third-order valence-electron chi connectivity index (χ3n) is 5.22. The number of hydrogen-bond acceptors (Lipinski definition) is 3. The topological polar surface area (TPSA) is 64.0 Å². The SMILES string of the molecule is Cn1ccnc1[C@H](NS(=O)(=O)c1ccc2c(c1)CCCC2)c1ccc(Cl)cc1. The van der Waals surface area contributed by atoms with E-state index in [4.69, 9.17) is 11.6 Å². The molecule has 3 aromatic rings. The monoisotopic (exact) mass is 415 g/mol. The Morgan fingerprint density at radius 3 is 2.46 bits per heavy atom. The Kier molecular flexibility index (Phi) is 5.27. The van der Waals surface area contributed by atoms with Gasteiger partial charge in [0.05, 0.1) is 4.90 Å². The third-order valence-corrected chi connectivity index (χ3v) is 6.90. The molecule has 28 heavy (non-hydrogen) atoms. The van der Waals surface area contributed by atoms with E-state index in [0.717, 1.165) is 36.8 Å². The molecule has 4 rings (SSSR count). The molecule has 1 aliphatic carbocycles. The van der Waals surface area contributed by atoms with Gasteiger partial charge in [0, 0.05) is 24.5 Å². The average Bonchev–Trinajstić information content (AvgIpc) is 3.12. The zero-order chi connectivity index (χ0) is 19.7. The number of nitrogens with zero attached hydrogens (tertiary/aromatic N) is 2. The van der Waals surface area contributed by atoms with Crippen molar-refractivity contribution in [3.8, 4) is 0 Å². The maximum absolute atomic E-state index is 13.2. The van der Waals surface area contributed by atoms with Crippen molar-refractivity contribution in [2.75, 3.05) is 0 Å². The second-order valence-electron chi connectivity index (χ2n) is 7.14. The number of hydrogen-bond donors (Lipinski definition) is 1. The Bertz CT molecular complexity index is 1090. The van der Waals surface area contributed by atoms with Crippen molar-refractivity contribution in [3.05, 3.63) is 82.4 Å². The average molecular weight is 416 g/mol. The van der Waals surface area contributed by atoms with Gasteiger partial charge in [-0.15, -0.1) is 0 Å². The predicted octanol–water partition coefficient (Wildman–Crippen LogP) is 4.02. The minimum absolute atomic E-state index is 0.293. The molecular formula is C21H22ClN3O2S. The van der Waals surface area contributed by atoms with E-state index in [9.17, 15) is 8.42 Å². The lowest BCUT2D eigenvalue weighted by molar-refractivity contribution is 0.562. The van der Waals surface area contributed by atoms with Gasteiger partial charge in [-0.2, -0.15) is 4.72 Å². The van der Waals surface area contributed by atoms with Crippen LogP contribution < -0.4 is 4.72 Å². The minimum Gasteiger partial charge on any atom is -0.336 e. The Morgan fingerprint density at radius 2 is 1.79 bits per heavy atom. The maximum Gasteiger partial charge on any atom is 0.241 e. The van der Waals surface area contributed by atoms with Gasteiger partial charge in [0.25, 0.3) is 0 Å². The normalized spacial score (nSPS) is 15.2. The number of sulfonamides is 1. The van der Waals surface area contributed by atoms with Crippen LogP contribution in [-0.2, 0) is 29.9 Å². The van der Waals surface area contributed by atoms with Crippen molar-refractivity contribution in [2.45, 2.75) is 36.6 Å². The number of fused-ring (bicyclic) bond motifs is 1. The van der Waals surface area contributed by atoms with Crippen LogP contribution in [0.5, 0.6) is 0 Å². The molecule has 1 atom stereocenters. The summed E-state index contributed by atoms with van der Waals surface area (Å²) in [6.07, 6.45) is 7.67. The molecule has 0 saturated carbocycles. The summed E-state index contributed by atoms with van der Waals surface area (Å²) in [6, 6.07) is 12.0. The van der Waals surface area contributed by atoms with Crippen LogP contribution >= 0.6 is 11.6 Å². The molecule has 0 spiro atoms. The van der Waals surface area contributed by atoms with Crippen LogP contribution in [0, 0.1) is 0 Å². The highest BCUT2D eigenvalue weighted by atomic mass is 35.5. The number of benzene rings is 2. The first kappa shape index (κ1) is 19.2. The van der Waals surface area contributed by atoms with Gasteiger partial charge in [0.1, 0.15) is 11.9 Å². The van der Waals surface area contributed by atoms with E-state index in [2.05, 4.69) is 9.71 Å². The van der Waals surface area contributed by atoms with Crippen LogP contribution in [0.3, 0.4) is 0 Å². The molecular weight excluding hydrogens is 394 g/mol. The number of halogens is 1. The van der Waals surface area contributed by atoms with Gasteiger partial charge in [-0.3, -0.25) is 0 Å². The third kappa shape index (κ3) is 3.85. The molecule has 1 heterocycles. The van der Waals surface area contributed by atoms with Gasteiger partial charge in [-0.25, -0.2) is 13.4 Å². The Hall–Kier alpha value is -2.15. The molecule has 7 heteroatoms. The second kappa shape index (κ2) is 7.70. The number of aryl methyl sites for hydroxylation is 3. The highest BCUT2D eigenvalue weighted by molar-refractivity contribution is 7.89. The molecule has 0 radical (unpaired) electrons. The van der Waals surface area contributed by atoms with Crippen LogP contribution in [-0.4, -0.2) is 18.0 Å². The Morgan fingerprint density at radius 1 is 1.07 bits per heavy atom. The lowest BCUT2D eigenvalue weighted by Crippen LogP contribution is -2.31. The van der Waals surface area contributed by atoms with Crippen LogP contribution in [0.2, 0.25) is 5.02 Å². The fourth-order valence-electron chi connectivity index (χ4n) is 3.68. The van der Waals surface area contributed by atoms with Gasteiger partial charge in [0.2, 0.25) is 10.0 Å². The van der Waals surface area contributed by atoms with E-state index >= 15 is 0 Å². The molecule has 1 aliphatic rings. The van der Waals surface area contributed by atoms with Crippen molar-refractivity contribution < 1.29 is 8.42 Å². The van der Waals surface area contributed by atoms with Gasteiger partial charge in [-0.1, -0.05) is 29.8 Å². The summed E-state index contributed by atoms with van der Waals surface area (Å²) >= 11 is 6.01. The number of nitrogens with one attached hydrogen (secondary N) is 1. The quantitative estimate of drug-likeness (QED) is 0.684. The van der Waals surface area contributed by atoms with Crippen molar-refractivity contribution >= 4 is 21.6 Å². The molecule has 0 saturated heterocycles. The predicted molar refractivity (Wildman–Crippen MR) is 110 cm³/mol. The smallest absolute Gasteiger partial charge is 0.241 e. The standard InChI is InChI=1S/C21H22ClN3O2S/c1-25-13-12-23-21(25)20(16-6-9-18(22)10-7-16)24-28(26,27)19-11-8-15-4-2-3-5-17(15)14-19/h6-14,20,24H,2-5H2,1H3/t20-/m1/s1. The fourth-order valence-corrected chi connectivity index (χ4v) is 5.04. The summed E-state index contributed by atoms with van der Waals surface area (Å²) in [6.45, 7) is 0. The molecule has 0 fully saturated rings. The lowest BCUT2D eigenvalue weighted by Gasteiger charge is -2.21. The highest BCUT2D eigenvalue weighted by Crippen LogP contribution is 2.27. The van der Waals surface area contributed by atoms with E-state index in [-0.39, 0.29) is 0 Å². The van der Waals surface area contributed by atoms with E-state index in [1.54, 1.807) is 30.6 Å². The minimum atomic E-state index is -3.73. The second-order valence-corrected chi connectivity index (χ2v) is 9.29. The molecule has 146 valence electrons. The first-order valence-electron chi connectivity index (χ1n) is 9.31. The Balaban J connectivity index is 1.71. The van der Waals surface area contributed by atoms with Crippen LogP contribution in [0.25, 0.3) is 0 Å². The van der Waals surface area contributed by atoms with Gasteiger partial charge < -0.3 is 4.57 Å². The van der Waals surface area contributed by atoms with Crippen LogP contribution in [0.4, 0.5) is 0 Å². The van der Waals surface area contributed by atoms with Crippen molar-refractivity contribution in [1.29, 1.82) is 0 Å². The summed E-state index contributed by atoms with van der Waals surface area (Å²) in [5.74, 6) is 0.615. The first-order chi connectivity index (χ1) is 13.4. The number of rotatable bonds is 5. The largest absolute Gasteiger partial charge is 0.336 e. The van der Waals surface area contributed by atoms with E-state index in [1.807, 2.05) is 35.9 Å². The summed E-state index contributed by atoms with van der Waals surface area (Å²) in [5.41, 5.74) is 3.16. The van der Waals surface area contributed by atoms with Crippen molar-refractivity contribution in [2.24, 2.45) is 7.05 Å². The van der Waals surface area contributed by atoms with Gasteiger partial charge >= 0.3 is 0 Å². The zero-order valence-corrected chi connectivity index (χ0v) is 17.2. The summed E-state index contributed by atoms with van der Waals surface area (Å²) in [7, 11) is -1.88. The molecule has 5 nitrogen and oxygen atoms in total. The summed E-state index contributed by atoms with van der Waals surface area (Å²) in [4.78, 5) is 4.66. The zero-order valence-electron chi connectivity index (χ0n) is 15.6. The number of aromatic nitrogens is 2. The lowest BCUT2D eigenvalue weighted by atomic mass is 9.92. The summed E-state index contributed by atoms with van der Waals surface area (Å²) < 4.78 is 31.1. The molecule has 1 N–H and O–H groups in total. The summed E-state index contributed by atoms with van der Waals surface area (Å²) in [5, 5.41) is 0.597. The molecule has 0 unspecified atom stereocenters. The molecule has 0 bridgehead atoms. The molecule has 0 amide bonds. The van der Waals surface area contributed by atoms with Gasteiger partial charge in [0.15, 0.2) is 0 Å². The first-order valence-corrected chi connectivity index (χ1v) is 11.2. The highest BCUT2D eigenvalue weighted by Gasteiger charge is 2.26. The van der Waals surface area contributed by atoms with Crippen LogP contribution in [0.15, 0.2) is 59.8 Å². The van der Waals surface area contributed by atoms with Gasteiger partial charge in [-0.05, 0) is 66.6 Å². The van der Waals surface area contributed by atoms with E-state index < -0.39 is 16.1 Å². The van der Waals surface area contributed by atoms with Crippen molar-refractivity contribution in [3.63, 3.8) is 0 Å². The van der Waals surface area contributed by atoms with E-state index in [0.29, 0.717) is 15.7 Å². The Labute approximate surface area is 170 Å². The molecule has 1 aromatic heterocycles. The molecule has 0 aliphatic heterocycles. The number of imidazole rings is 1. The fraction of sp³-hybridized carbons (Fsp3) is 0.286. The van der Waals surface area contributed by atoms with E-state index in [1.165, 1.54) is 5.56 Å². The molecule has 2 aromatic carbocycles. The van der Waals surface area contributed by atoms with Crippen LogP contribution in [0.1, 0.15) is 41.4 Å². The maximum atomic E-state index is 13.2.